The molecule has 0 aliphatic heterocycles. The summed E-state index contributed by atoms with van der Waals surface area (Å²) in [5.74, 6) is -0.0928. The maximum atomic E-state index is 11.6. The van der Waals surface area contributed by atoms with Gasteiger partial charge in [-0.25, -0.2) is 9.36 Å². The summed E-state index contributed by atoms with van der Waals surface area (Å²) in [6.45, 7) is 0. The molecular formula is C20H14N4O7. The Hall–Kier alpha value is -4.80. The van der Waals surface area contributed by atoms with Crippen LogP contribution in [0.1, 0.15) is 20.7 Å². The number of aromatic amines is 2. The van der Waals surface area contributed by atoms with E-state index in [-0.39, 0.29) is 23.7 Å². The van der Waals surface area contributed by atoms with Crippen molar-refractivity contribution in [2.24, 2.45) is 0 Å². The lowest BCUT2D eigenvalue weighted by atomic mass is 10.2. The average molecular weight is 422 g/mol. The Bertz CT molecular complexity index is 1280. The molecule has 0 amide bonds. The summed E-state index contributed by atoms with van der Waals surface area (Å²) in [6, 6.07) is 12.6. The van der Waals surface area contributed by atoms with Crippen LogP contribution in [-0.4, -0.2) is 42.3 Å². The summed E-state index contributed by atoms with van der Waals surface area (Å²) >= 11 is 0. The van der Waals surface area contributed by atoms with Crippen molar-refractivity contribution in [2.75, 3.05) is 0 Å². The Kier molecular flexibility index (Phi) is 4.76. The first-order chi connectivity index (χ1) is 14.9. The van der Waals surface area contributed by atoms with Gasteiger partial charge in [0.2, 0.25) is 11.8 Å². The summed E-state index contributed by atoms with van der Waals surface area (Å²) < 4.78 is 7.87. The molecule has 31 heavy (non-hydrogen) atoms. The molecule has 0 bridgehead atoms. The first-order valence-electron chi connectivity index (χ1n) is 8.80. The first-order valence-corrected chi connectivity index (χ1v) is 8.80. The molecule has 156 valence electrons. The number of aromatic hydroxyl groups is 2. The lowest BCUT2D eigenvalue weighted by Crippen LogP contribution is -2.06. The number of benzene rings is 2. The molecule has 11 nitrogen and oxygen atoms in total. The molecule has 0 spiro atoms. The van der Waals surface area contributed by atoms with Gasteiger partial charge in [-0.3, -0.25) is 29.4 Å². The summed E-state index contributed by atoms with van der Waals surface area (Å²) in [4.78, 5) is 44.9. The third-order valence-corrected chi connectivity index (χ3v) is 4.48. The molecule has 2 heterocycles. The number of carbonyl (C=O) groups is 2. The van der Waals surface area contributed by atoms with Gasteiger partial charge in [0.15, 0.2) is 12.6 Å². The number of H-pyrrole nitrogens is 2. The SMILES string of the molecule is O=Cc1c(O)n(-c2ccc(Oc3ccc(-n4[nH]c(=O)c(C=O)c4O)cc3)cc2)[nH]c1=O. The van der Waals surface area contributed by atoms with E-state index < -0.39 is 22.9 Å². The molecule has 0 fully saturated rings. The molecule has 4 N–H and O–H groups in total. The van der Waals surface area contributed by atoms with Gasteiger partial charge in [-0.15, -0.1) is 0 Å². The van der Waals surface area contributed by atoms with Crippen LogP contribution in [0.4, 0.5) is 0 Å². The second kappa shape index (κ2) is 7.55. The molecule has 4 aromatic rings. The number of aldehydes is 2. The zero-order valence-corrected chi connectivity index (χ0v) is 15.6. The van der Waals surface area contributed by atoms with Crippen LogP contribution < -0.4 is 15.9 Å². The van der Waals surface area contributed by atoms with Crippen molar-refractivity contribution in [2.45, 2.75) is 0 Å². The molecular weight excluding hydrogens is 408 g/mol. The van der Waals surface area contributed by atoms with Crippen LogP contribution in [0.3, 0.4) is 0 Å². The minimum atomic E-state index is -0.705. The van der Waals surface area contributed by atoms with E-state index in [0.29, 0.717) is 22.9 Å². The van der Waals surface area contributed by atoms with Gasteiger partial charge < -0.3 is 14.9 Å². The molecule has 11 heteroatoms. The number of nitrogens with one attached hydrogen (secondary N) is 2. The van der Waals surface area contributed by atoms with E-state index in [1.807, 2.05) is 0 Å². The standard InChI is InChI=1S/C20H14N4O7/c25-9-15-17(27)21-23(19(15)29)11-1-5-13(6-2-11)31-14-7-3-12(4-8-14)24-20(30)16(10-26)18(28)22-24/h1-10,29-30H,(H,21,27)(H,22,28). The number of hydrogen-bond donors (Lipinski definition) is 4. The average Bonchev–Trinajstić information content (AvgIpc) is 3.23. The summed E-state index contributed by atoms with van der Waals surface area (Å²) in [6.07, 6.45) is 0.545. The van der Waals surface area contributed by atoms with Crippen LogP contribution >= 0.6 is 0 Å². The fourth-order valence-corrected chi connectivity index (χ4v) is 2.92. The van der Waals surface area contributed by atoms with Gasteiger partial charge >= 0.3 is 0 Å². The number of hydrogen-bond acceptors (Lipinski definition) is 7. The normalized spacial score (nSPS) is 10.7. The van der Waals surface area contributed by atoms with Crippen LogP contribution in [0.15, 0.2) is 58.1 Å². The maximum Gasteiger partial charge on any atom is 0.279 e. The summed E-state index contributed by atoms with van der Waals surface area (Å²) in [5, 5.41) is 24.6. The number of nitrogens with zero attached hydrogens (tertiary/aromatic N) is 2. The van der Waals surface area contributed by atoms with Crippen LogP contribution in [-0.2, 0) is 0 Å². The topological polar surface area (TPSA) is 159 Å². The van der Waals surface area contributed by atoms with Crippen molar-refractivity contribution in [1.29, 1.82) is 0 Å². The Labute approximate surface area is 172 Å². The Balaban J connectivity index is 1.54. The summed E-state index contributed by atoms with van der Waals surface area (Å²) in [7, 11) is 0. The lowest BCUT2D eigenvalue weighted by Gasteiger charge is -2.09. The first kappa shape index (κ1) is 19.5. The van der Waals surface area contributed by atoms with Gasteiger partial charge in [0, 0.05) is 0 Å². The number of ether oxygens (including phenoxy) is 1. The maximum absolute atomic E-state index is 11.6. The van der Waals surface area contributed by atoms with Crippen molar-refractivity contribution < 1.29 is 24.5 Å². The monoisotopic (exact) mass is 422 g/mol. The highest BCUT2D eigenvalue weighted by Gasteiger charge is 2.15. The van der Waals surface area contributed by atoms with Gasteiger partial charge in [-0.2, -0.15) is 0 Å². The van der Waals surface area contributed by atoms with E-state index in [2.05, 4.69) is 10.2 Å². The van der Waals surface area contributed by atoms with Crippen LogP contribution in [0.5, 0.6) is 23.3 Å². The zero-order valence-electron chi connectivity index (χ0n) is 15.6. The molecule has 0 saturated carbocycles. The predicted octanol–water partition coefficient (Wildman–Crippen LogP) is 1.47. The van der Waals surface area contributed by atoms with Crippen molar-refractivity contribution in [1.82, 2.24) is 19.6 Å². The van der Waals surface area contributed by atoms with E-state index in [1.165, 1.54) is 0 Å². The molecule has 0 radical (unpaired) electrons. The third kappa shape index (κ3) is 3.40. The van der Waals surface area contributed by atoms with Gasteiger partial charge in [0.05, 0.1) is 11.4 Å². The number of rotatable bonds is 6. The van der Waals surface area contributed by atoms with E-state index in [4.69, 9.17) is 4.74 Å². The fraction of sp³-hybridized carbons (Fsp3) is 0. The molecule has 0 atom stereocenters. The number of carbonyl (C=O) groups excluding carboxylic acids is 2. The van der Waals surface area contributed by atoms with Crippen molar-refractivity contribution in [3.05, 3.63) is 80.4 Å². The highest BCUT2D eigenvalue weighted by Crippen LogP contribution is 2.26. The fourth-order valence-electron chi connectivity index (χ4n) is 2.92. The number of aromatic nitrogens is 4. The Morgan fingerprint density at radius 2 is 1.03 bits per heavy atom. The largest absolute Gasteiger partial charge is 0.493 e. The minimum Gasteiger partial charge on any atom is -0.493 e. The van der Waals surface area contributed by atoms with Crippen LogP contribution in [0.2, 0.25) is 0 Å². The van der Waals surface area contributed by atoms with Crippen molar-refractivity contribution >= 4 is 12.6 Å². The van der Waals surface area contributed by atoms with Gasteiger partial charge in [0.25, 0.3) is 11.1 Å². The quantitative estimate of drug-likeness (QED) is 0.342. The Morgan fingerprint density at radius 1 is 0.677 bits per heavy atom. The third-order valence-electron chi connectivity index (χ3n) is 4.48. The highest BCUT2D eigenvalue weighted by molar-refractivity contribution is 5.78. The zero-order chi connectivity index (χ0) is 22.1. The second-order valence-electron chi connectivity index (χ2n) is 6.35. The van der Waals surface area contributed by atoms with E-state index >= 15 is 0 Å². The summed E-state index contributed by atoms with van der Waals surface area (Å²) in [5.41, 5.74) is -1.33. The van der Waals surface area contributed by atoms with Gasteiger partial charge in [-0.1, -0.05) is 0 Å². The van der Waals surface area contributed by atoms with Crippen molar-refractivity contribution in [3.63, 3.8) is 0 Å². The highest BCUT2D eigenvalue weighted by atomic mass is 16.5. The molecule has 0 unspecified atom stereocenters. The van der Waals surface area contributed by atoms with E-state index in [9.17, 15) is 29.4 Å². The molecule has 2 aromatic heterocycles. The lowest BCUT2D eigenvalue weighted by molar-refractivity contribution is 0.111. The molecule has 0 saturated heterocycles. The van der Waals surface area contributed by atoms with Crippen LogP contribution in [0.25, 0.3) is 11.4 Å². The predicted molar refractivity (Wildman–Crippen MR) is 107 cm³/mol. The van der Waals surface area contributed by atoms with E-state index in [1.54, 1.807) is 48.5 Å². The minimum absolute atomic E-state index is 0.272. The molecule has 4 rings (SSSR count). The molecule has 2 aromatic carbocycles. The van der Waals surface area contributed by atoms with E-state index in [0.717, 1.165) is 9.36 Å². The van der Waals surface area contributed by atoms with Gasteiger partial charge in [-0.05, 0) is 48.5 Å². The van der Waals surface area contributed by atoms with Crippen molar-refractivity contribution in [3.8, 4) is 34.6 Å². The van der Waals surface area contributed by atoms with Crippen LogP contribution in [0, 0.1) is 0 Å². The smallest absolute Gasteiger partial charge is 0.279 e. The van der Waals surface area contributed by atoms with Gasteiger partial charge in [0.1, 0.15) is 22.6 Å². The Morgan fingerprint density at radius 3 is 1.32 bits per heavy atom. The molecule has 0 aliphatic carbocycles. The molecule has 0 aliphatic rings. The second-order valence-corrected chi connectivity index (χ2v) is 6.35.